The Labute approximate surface area is 115 Å². The topological polar surface area (TPSA) is 105 Å². The number of hydrogen-bond acceptors (Lipinski definition) is 6. The molecule has 2 rings (SSSR count). The van der Waals surface area contributed by atoms with E-state index in [1.807, 2.05) is 6.07 Å². The second-order valence-electron chi connectivity index (χ2n) is 3.80. The molecule has 0 spiro atoms. The van der Waals surface area contributed by atoms with Gasteiger partial charge in [-0.1, -0.05) is 12.1 Å². The second-order valence-corrected chi connectivity index (χ2v) is 3.80. The summed E-state index contributed by atoms with van der Waals surface area (Å²) in [5.74, 6) is 1.09. The molecular weight excluding hydrogens is 256 g/mol. The van der Waals surface area contributed by atoms with Crippen molar-refractivity contribution in [2.75, 3.05) is 5.43 Å². The molecule has 0 atom stereocenters. The first kappa shape index (κ1) is 13.3. The van der Waals surface area contributed by atoms with E-state index in [1.165, 1.54) is 0 Å². The summed E-state index contributed by atoms with van der Waals surface area (Å²) in [5, 5.41) is 29.8. The Morgan fingerprint density at radius 3 is 2.70 bits per heavy atom. The maximum absolute atomic E-state index is 8.97. The molecule has 0 bridgehead atoms. The molecule has 2 aromatic rings. The van der Waals surface area contributed by atoms with Crippen LogP contribution in [0.4, 0.5) is 5.69 Å². The Bertz CT molecular complexity index is 703. The van der Waals surface area contributed by atoms with Gasteiger partial charge in [-0.05, 0) is 24.3 Å². The van der Waals surface area contributed by atoms with Crippen molar-refractivity contribution in [2.24, 2.45) is 5.10 Å². The largest absolute Gasteiger partial charge is 0.459 e. The van der Waals surface area contributed by atoms with Crippen molar-refractivity contribution < 1.29 is 9.52 Å². The molecule has 0 aliphatic heterocycles. The van der Waals surface area contributed by atoms with Crippen LogP contribution in [0.25, 0.3) is 11.3 Å². The molecular formula is C14H10N4O2. The molecule has 1 aromatic carbocycles. The predicted octanol–water partition coefficient (Wildman–Crippen LogP) is 2.25. The zero-order chi connectivity index (χ0) is 14.4. The third-order valence-corrected chi connectivity index (χ3v) is 2.47. The van der Waals surface area contributed by atoms with Crippen LogP contribution in [0.3, 0.4) is 0 Å². The first-order valence-electron chi connectivity index (χ1n) is 5.70. The zero-order valence-corrected chi connectivity index (χ0v) is 10.4. The molecule has 6 nitrogen and oxygen atoms in total. The van der Waals surface area contributed by atoms with Gasteiger partial charge < -0.3 is 9.52 Å². The van der Waals surface area contributed by atoms with Gasteiger partial charge >= 0.3 is 0 Å². The lowest BCUT2D eigenvalue weighted by molar-refractivity contribution is 0.248. The first-order chi connectivity index (χ1) is 9.76. The molecule has 6 heteroatoms. The van der Waals surface area contributed by atoms with Crippen LogP contribution in [0.5, 0.6) is 0 Å². The van der Waals surface area contributed by atoms with Gasteiger partial charge in [0.2, 0.25) is 5.71 Å². The molecule has 98 valence electrons. The van der Waals surface area contributed by atoms with Crippen LogP contribution >= 0.6 is 0 Å². The quantitative estimate of drug-likeness (QED) is 0.652. The SMILES string of the molecule is N#CC(C#N)=NNc1cccc(-c2ccc(CO)o2)c1. The number of nitrogens with zero attached hydrogens (tertiary/aromatic N) is 3. The Hall–Kier alpha value is -3.09. The highest BCUT2D eigenvalue weighted by atomic mass is 16.4. The summed E-state index contributed by atoms with van der Waals surface area (Å²) in [6.45, 7) is -0.157. The smallest absolute Gasteiger partial charge is 0.237 e. The summed E-state index contributed by atoms with van der Waals surface area (Å²) in [5.41, 5.74) is 3.79. The molecule has 0 radical (unpaired) electrons. The summed E-state index contributed by atoms with van der Waals surface area (Å²) in [6, 6.07) is 13.9. The van der Waals surface area contributed by atoms with Crippen molar-refractivity contribution in [3.05, 3.63) is 42.2 Å². The molecule has 1 aromatic heterocycles. The van der Waals surface area contributed by atoms with Crippen LogP contribution < -0.4 is 5.43 Å². The van der Waals surface area contributed by atoms with Gasteiger partial charge in [0.1, 0.15) is 30.3 Å². The van der Waals surface area contributed by atoms with Crippen molar-refractivity contribution in [2.45, 2.75) is 6.61 Å². The minimum absolute atomic E-state index is 0.157. The molecule has 20 heavy (non-hydrogen) atoms. The minimum atomic E-state index is -0.254. The fourth-order valence-electron chi connectivity index (χ4n) is 1.56. The van der Waals surface area contributed by atoms with Crippen LogP contribution in [-0.4, -0.2) is 10.8 Å². The van der Waals surface area contributed by atoms with Crippen molar-refractivity contribution >= 4 is 11.4 Å². The summed E-state index contributed by atoms with van der Waals surface area (Å²) in [6.07, 6.45) is 0. The molecule has 0 saturated heterocycles. The maximum Gasteiger partial charge on any atom is 0.237 e. The lowest BCUT2D eigenvalue weighted by Gasteiger charge is -2.02. The van der Waals surface area contributed by atoms with E-state index in [0.29, 0.717) is 17.2 Å². The van der Waals surface area contributed by atoms with Crippen LogP contribution in [0.15, 0.2) is 45.9 Å². The zero-order valence-electron chi connectivity index (χ0n) is 10.4. The lowest BCUT2D eigenvalue weighted by atomic mass is 10.1. The van der Waals surface area contributed by atoms with E-state index in [2.05, 4.69) is 10.5 Å². The molecule has 2 N–H and O–H groups in total. The number of aliphatic hydroxyl groups excluding tert-OH is 1. The average Bonchev–Trinajstić information content (AvgIpc) is 2.97. The van der Waals surface area contributed by atoms with Crippen molar-refractivity contribution in [3.8, 4) is 23.5 Å². The van der Waals surface area contributed by atoms with Crippen molar-refractivity contribution in [1.82, 2.24) is 0 Å². The van der Waals surface area contributed by atoms with Crippen LogP contribution in [0, 0.1) is 22.7 Å². The molecule has 0 amide bonds. The van der Waals surface area contributed by atoms with E-state index in [9.17, 15) is 0 Å². The fraction of sp³-hybridized carbons (Fsp3) is 0.0714. The Balaban J connectivity index is 2.23. The van der Waals surface area contributed by atoms with Crippen LogP contribution in [-0.2, 0) is 6.61 Å². The second kappa shape index (κ2) is 6.19. The third-order valence-electron chi connectivity index (χ3n) is 2.47. The van der Waals surface area contributed by atoms with Crippen LogP contribution in [0.1, 0.15) is 5.76 Å². The number of hydrazone groups is 1. The minimum Gasteiger partial charge on any atom is -0.459 e. The third kappa shape index (κ3) is 3.02. The predicted molar refractivity (Wildman–Crippen MR) is 72.4 cm³/mol. The molecule has 0 aliphatic rings. The normalized spacial score (nSPS) is 9.35. The first-order valence-corrected chi connectivity index (χ1v) is 5.70. The van der Waals surface area contributed by atoms with E-state index in [1.54, 1.807) is 42.5 Å². The van der Waals surface area contributed by atoms with Gasteiger partial charge in [-0.2, -0.15) is 15.6 Å². The van der Waals surface area contributed by atoms with Crippen LogP contribution in [0.2, 0.25) is 0 Å². The summed E-state index contributed by atoms with van der Waals surface area (Å²) in [7, 11) is 0. The highest BCUT2D eigenvalue weighted by Gasteiger charge is 2.05. The van der Waals surface area contributed by atoms with E-state index in [4.69, 9.17) is 20.0 Å². The van der Waals surface area contributed by atoms with Gasteiger partial charge in [0.15, 0.2) is 0 Å². The molecule has 0 unspecified atom stereocenters. The Kier molecular flexibility index (Phi) is 4.13. The molecule has 0 fully saturated rings. The standard InChI is InChI=1S/C14H10N4O2/c15-7-12(8-16)18-17-11-3-1-2-10(6-11)14-5-4-13(9-19)20-14/h1-6,17,19H,9H2. The number of nitriles is 2. The van der Waals surface area contributed by atoms with Gasteiger partial charge in [-0.3, -0.25) is 5.43 Å². The van der Waals surface area contributed by atoms with E-state index in [-0.39, 0.29) is 12.3 Å². The molecule has 0 saturated carbocycles. The number of benzene rings is 1. The van der Waals surface area contributed by atoms with Gasteiger partial charge in [-0.15, -0.1) is 0 Å². The highest BCUT2D eigenvalue weighted by molar-refractivity contribution is 6.10. The number of rotatable bonds is 4. The van der Waals surface area contributed by atoms with Crippen molar-refractivity contribution in [1.29, 1.82) is 10.5 Å². The summed E-state index contributed by atoms with van der Waals surface area (Å²) >= 11 is 0. The number of anilines is 1. The highest BCUT2D eigenvalue weighted by Crippen LogP contribution is 2.24. The van der Waals surface area contributed by atoms with Gasteiger partial charge in [0.05, 0.1) is 5.69 Å². The van der Waals surface area contributed by atoms with E-state index in [0.717, 1.165) is 5.56 Å². The van der Waals surface area contributed by atoms with E-state index >= 15 is 0 Å². The number of aliphatic hydroxyl groups is 1. The van der Waals surface area contributed by atoms with E-state index < -0.39 is 0 Å². The number of furan rings is 1. The average molecular weight is 266 g/mol. The molecule has 0 aliphatic carbocycles. The van der Waals surface area contributed by atoms with Gasteiger partial charge in [0, 0.05) is 5.56 Å². The molecule has 1 heterocycles. The van der Waals surface area contributed by atoms with Gasteiger partial charge in [0.25, 0.3) is 0 Å². The Morgan fingerprint density at radius 1 is 1.25 bits per heavy atom. The van der Waals surface area contributed by atoms with Gasteiger partial charge in [-0.25, -0.2) is 0 Å². The lowest BCUT2D eigenvalue weighted by Crippen LogP contribution is -1.96. The maximum atomic E-state index is 8.97. The monoisotopic (exact) mass is 266 g/mol. The number of nitrogens with one attached hydrogen (secondary N) is 1. The Morgan fingerprint density at radius 2 is 2.05 bits per heavy atom. The summed E-state index contributed by atoms with van der Waals surface area (Å²) in [4.78, 5) is 0. The summed E-state index contributed by atoms with van der Waals surface area (Å²) < 4.78 is 5.42. The van der Waals surface area contributed by atoms with Crippen molar-refractivity contribution in [3.63, 3.8) is 0 Å². The number of hydrogen-bond donors (Lipinski definition) is 2. The fourth-order valence-corrected chi connectivity index (χ4v) is 1.56.